The van der Waals surface area contributed by atoms with Gasteiger partial charge in [-0.05, 0) is 116 Å². The molecule has 0 rings (SSSR count). The molecule has 97 heavy (non-hydrogen) atoms. The maximum Gasteiger partial charge on any atom is 0.472 e. The molecule has 0 saturated carbocycles. The standard InChI is InChI=1S/C87H152NO8P/c1-3-5-7-9-11-13-15-17-19-21-23-25-27-29-31-33-35-37-39-40-41-42-43-44-46-47-49-51-53-55-57-59-61-63-65-67-69-71-73-75-77-79-86(89)93-83-85(84-95-97(91,92)94-82-81-88)96-87(90)80-78-76-74-72-70-68-66-64-62-60-58-56-54-52-50-48-45-38-36-34-32-30-28-26-24-22-20-18-16-14-12-10-8-6-4-2/h6,8,12,14-15,17-18,20-21,23-24,26,30,32,36,38,48,50,54,56,60,62,85H,3-5,7,9-11,13,16,19,22,25,27-29,31,33-35,37,39-47,49,51-53,55,57-59,61,63-84,88H2,1-2H3,(H,91,92)/b8-6-,14-12-,17-15-,20-18-,23-21-,26-24-,32-30-,38-36-,50-48-,56-54-,62-60-. The Morgan fingerprint density at radius 2 is 0.567 bits per heavy atom. The van der Waals surface area contributed by atoms with Crippen molar-refractivity contribution in [3.8, 4) is 0 Å². The molecule has 0 aromatic heterocycles. The number of esters is 2. The first-order valence-corrected chi connectivity index (χ1v) is 42.2. The highest BCUT2D eigenvalue weighted by Crippen LogP contribution is 2.43. The fourth-order valence-electron chi connectivity index (χ4n) is 11.5. The number of carbonyl (C=O) groups is 2. The van der Waals surface area contributed by atoms with Gasteiger partial charge in [-0.25, -0.2) is 4.57 Å². The van der Waals surface area contributed by atoms with E-state index < -0.39 is 26.5 Å². The van der Waals surface area contributed by atoms with Gasteiger partial charge in [-0.1, -0.05) is 379 Å². The number of phosphoric ester groups is 1. The molecule has 0 aliphatic rings. The first kappa shape index (κ1) is 93.2. The largest absolute Gasteiger partial charge is 0.472 e. The van der Waals surface area contributed by atoms with Gasteiger partial charge >= 0.3 is 19.8 Å². The molecule has 0 aliphatic carbocycles. The molecule has 0 saturated heterocycles. The van der Waals surface area contributed by atoms with Crippen LogP contribution >= 0.6 is 7.82 Å². The summed E-state index contributed by atoms with van der Waals surface area (Å²) in [4.78, 5) is 35.5. The maximum absolute atomic E-state index is 12.8. The Morgan fingerprint density at radius 3 is 0.845 bits per heavy atom. The summed E-state index contributed by atoms with van der Waals surface area (Å²) in [7, 11) is -4.41. The topological polar surface area (TPSA) is 134 Å². The first-order chi connectivity index (χ1) is 47.8. The van der Waals surface area contributed by atoms with Gasteiger partial charge in [0.25, 0.3) is 0 Å². The Hall–Kier alpha value is -3.85. The van der Waals surface area contributed by atoms with E-state index in [0.717, 1.165) is 109 Å². The number of carbonyl (C=O) groups excluding carboxylic acids is 2. The van der Waals surface area contributed by atoms with Crippen molar-refractivity contribution < 1.29 is 37.6 Å². The molecule has 0 aromatic carbocycles. The van der Waals surface area contributed by atoms with Gasteiger partial charge in [0.2, 0.25) is 0 Å². The van der Waals surface area contributed by atoms with Gasteiger partial charge in [0.1, 0.15) is 6.61 Å². The molecule has 0 bridgehead atoms. The predicted octanol–water partition coefficient (Wildman–Crippen LogP) is 27.5. The number of unbranched alkanes of at least 4 members (excludes halogenated alkanes) is 41. The Kier molecular flexibility index (Phi) is 77.9. The summed E-state index contributed by atoms with van der Waals surface area (Å²) in [6.07, 6.45) is 116. The first-order valence-electron chi connectivity index (χ1n) is 40.7. The number of ether oxygens (including phenoxy) is 2. The molecule has 3 N–H and O–H groups in total. The van der Waals surface area contributed by atoms with Crippen molar-refractivity contribution in [2.24, 2.45) is 5.73 Å². The summed E-state index contributed by atoms with van der Waals surface area (Å²) in [6.45, 7) is 3.64. The molecule has 0 fully saturated rings. The molecule has 10 heteroatoms. The van der Waals surface area contributed by atoms with Crippen LogP contribution in [0.5, 0.6) is 0 Å². The van der Waals surface area contributed by atoms with Crippen LogP contribution in [0, 0.1) is 0 Å². The van der Waals surface area contributed by atoms with Crippen molar-refractivity contribution in [3.05, 3.63) is 134 Å². The van der Waals surface area contributed by atoms with Crippen molar-refractivity contribution in [1.29, 1.82) is 0 Å². The van der Waals surface area contributed by atoms with Gasteiger partial charge in [-0.3, -0.25) is 18.6 Å². The fourth-order valence-corrected chi connectivity index (χ4v) is 12.3. The highest BCUT2D eigenvalue weighted by Gasteiger charge is 2.26. The van der Waals surface area contributed by atoms with Crippen molar-refractivity contribution in [2.75, 3.05) is 26.4 Å². The Morgan fingerprint density at radius 1 is 0.320 bits per heavy atom. The molecule has 2 atom stereocenters. The summed E-state index contributed by atoms with van der Waals surface area (Å²) < 4.78 is 33.3. The molecule has 0 aromatic rings. The lowest BCUT2D eigenvalue weighted by Gasteiger charge is -2.19. The molecule has 0 aliphatic heterocycles. The van der Waals surface area contributed by atoms with Crippen LogP contribution < -0.4 is 5.73 Å². The predicted molar refractivity (Wildman–Crippen MR) is 422 cm³/mol. The summed E-state index contributed by atoms with van der Waals surface area (Å²) in [5.74, 6) is -0.833. The molecule has 9 nitrogen and oxygen atoms in total. The van der Waals surface area contributed by atoms with E-state index in [2.05, 4.69) is 148 Å². The van der Waals surface area contributed by atoms with Crippen LogP contribution in [-0.4, -0.2) is 49.3 Å². The van der Waals surface area contributed by atoms with E-state index in [1.165, 1.54) is 231 Å². The van der Waals surface area contributed by atoms with Gasteiger partial charge in [-0.15, -0.1) is 0 Å². The maximum atomic E-state index is 12.8. The summed E-state index contributed by atoms with van der Waals surface area (Å²) in [5, 5.41) is 0. The molecular formula is C87H152NO8P. The summed E-state index contributed by atoms with van der Waals surface area (Å²) in [5.41, 5.74) is 5.41. The molecule has 0 heterocycles. The zero-order valence-corrected chi connectivity index (χ0v) is 63.9. The molecule has 558 valence electrons. The van der Waals surface area contributed by atoms with Crippen LogP contribution in [-0.2, 0) is 32.7 Å². The van der Waals surface area contributed by atoms with Gasteiger partial charge in [0.15, 0.2) is 6.10 Å². The van der Waals surface area contributed by atoms with E-state index in [-0.39, 0.29) is 38.6 Å². The molecule has 0 amide bonds. The monoisotopic (exact) mass is 1370 g/mol. The Labute approximate surface area is 599 Å². The third-order valence-electron chi connectivity index (χ3n) is 17.5. The molecule has 0 spiro atoms. The van der Waals surface area contributed by atoms with Crippen molar-refractivity contribution >= 4 is 19.8 Å². The highest BCUT2D eigenvalue weighted by molar-refractivity contribution is 7.47. The number of allylic oxidation sites excluding steroid dienone is 22. The van der Waals surface area contributed by atoms with E-state index in [1.54, 1.807) is 0 Å². The van der Waals surface area contributed by atoms with Crippen LogP contribution in [0.2, 0.25) is 0 Å². The second kappa shape index (κ2) is 81.1. The van der Waals surface area contributed by atoms with Gasteiger partial charge in [-0.2, -0.15) is 0 Å². The normalized spacial score (nSPS) is 13.6. The fraction of sp³-hybridized carbons (Fsp3) is 0.724. The van der Waals surface area contributed by atoms with Crippen molar-refractivity contribution in [2.45, 2.75) is 380 Å². The Bertz CT molecular complexity index is 2060. The van der Waals surface area contributed by atoms with Crippen molar-refractivity contribution in [1.82, 2.24) is 0 Å². The molecule has 2 unspecified atom stereocenters. The smallest absolute Gasteiger partial charge is 0.462 e. The second-order valence-electron chi connectivity index (χ2n) is 26.9. The van der Waals surface area contributed by atoms with Crippen LogP contribution in [0.1, 0.15) is 373 Å². The number of rotatable bonds is 76. The lowest BCUT2D eigenvalue weighted by atomic mass is 10.0. The molecular weight excluding hydrogens is 1220 g/mol. The van der Waals surface area contributed by atoms with Gasteiger partial charge < -0.3 is 20.1 Å². The van der Waals surface area contributed by atoms with Gasteiger partial charge in [0.05, 0.1) is 13.2 Å². The highest BCUT2D eigenvalue weighted by atomic mass is 31.2. The third-order valence-corrected chi connectivity index (χ3v) is 18.5. The minimum atomic E-state index is -4.41. The Balaban J connectivity index is 3.83. The number of hydrogen-bond donors (Lipinski definition) is 2. The third kappa shape index (κ3) is 81.0. The van der Waals surface area contributed by atoms with Crippen LogP contribution in [0.3, 0.4) is 0 Å². The van der Waals surface area contributed by atoms with Crippen LogP contribution in [0.15, 0.2) is 134 Å². The van der Waals surface area contributed by atoms with Gasteiger partial charge in [0, 0.05) is 19.4 Å². The lowest BCUT2D eigenvalue weighted by molar-refractivity contribution is -0.161. The van der Waals surface area contributed by atoms with Crippen LogP contribution in [0.4, 0.5) is 0 Å². The van der Waals surface area contributed by atoms with E-state index in [4.69, 9.17) is 24.3 Å². The lowest BCUT2D eigenvalue weighted by Crippen LogP contribution is -2.29. The SMILES string of the molecule is CC/C=C\C/C=C\C/C=C\C/C=C\C/C=C\C/C=C\C/C=C\C/C=C\C/C=C\CCCCCCCCCC(=O)OC(COC(=O)CCCCCCCCCCCCCCCCCCCCCCCCCCCCCCC/C=C\C/C=C\CCCCCCC)COP(=O)(O)OCCN. The zero-order chi connectivity index (χ0) is 70.0. The average molecular weight is 1370 g/mol. The number of hydrogen-bond acceptors (Lipinski definition) is 8. The minimum Gasteiger partial charge on any atom is -0.462 e. The van der Waals surface area contributed by atoms with E-state index >= 15 is 0 Å². The van der Waals surface area contributed by atoms with E-state index in [9.17, 15) is 19.0 Å². The summed E-state index contributed by atoms with van der Waals surface area (Å²) in [6, 6.07) is 0. The second-order valence-corrected chi connectivity index (χ2v) is 28.4. The molecule has 0 radical (unpaired) electrons. The van der Waals surface area contributed by atoms with E-state index in [0.29, 0.717) is 6.42 Å². The number of nitrogens with two attached hydrogens (primary N) is 1. The van der Waals surface area contributed by atoms with E-state index in [1.807, 2.05) is 0 Å². The van der Waals surface area contributed by atoms with Crippen molar-refractivity contribution in [3.63, 3.8) is 0 Å². The quantitative estimate of drug-likeness (QED) is 0.0264. The zero-order valence-electron chi connectivity index (χ0n) is 63.0. The average Bonchev–Trinajstić information content (AvgIpc) is 2.69. The summed E-state index contributed by atoms with van der Waals surface area (Å²) >= 11 is 0. The minimum absolute atomic E-state index is 0.0469. The number of phosphoric acid groups is 1. The van der Waals surface area contributed by atoms with Crippen LogP contribution in [0.25, 0.3) is 0 Å².